The number of hydrogen-bond donors (Lipinski definition) is 0. The molecule has 0 aliphatic carbocycles. The minimum absolute atomic E-state index is 0.199. The van der Waals surface area contributed by atoms with E-state index in [2.05, 4.69) is 308 Å². The van der Waals surface area contributed by atoms with Gasteiger partial charge in [0.15, 0.2) is 0 Å². The lowest BCUT2D eigenvalue weighted by molar-refractivity contribution is 0.486. The van der Waals surface area contributed by atoms with Crippen molar-refractivity contribution < 1.29 is 4.74 Å². The first-order chi connectivity index (χ1) is 39.8. The van der Waals surface area contributed by atoms with Crippen LogP contribution in [0.3, 0.4) is 0 Å². The highest BCUT2D eigenvalue weighted by atomic mass is 16.5. The number of aromatic nitrogens is 1. The van der Waals surface area contributed by atoms with Crippen molar-refractivity contribution >= 4 is 79.0 Å². The van der Waals surface area contributed by atoms with Crippen LogP contribution in [0.25, 0.3) is 83.1 Å². The lowest BCUT2D eigenvalue weighted by Crippen LogP contribution is -2.61. The van der Waals surface area contributed by atoms with Gasteiger partial charge in [0.25, 0.3) is 6.71 Å². The molecule has 16 rings (SSSR count). The van der Waals surface area contributed by atoms with Crippen molar-refractivity contribution in [3.8, 4) is 72.8 Å². The number of anilines is 6. The SMILES string of the molecule is CC(C)(C)c1cc2c3c(c1)N1c4c(cc(-c5ccccc5)cc4-c4ccccc4Oc4ccccc4-c4cccc(-c5ccccc5)c41)B3c1ccc(-n3c4ccccc4c4ccccc43)cc1N2c1ccc(-c2ccccc2)cc1. The van der Waals surface area contributed by atoms with E-state index in [1.165, 1.54) is 60.6 Å². The molecule has 0 radical (unpaired) electrons. The number of fused-ring (bicyclic) bond motifs is 13. The highest BCUT2D eigenvalue weighted by Gasteiger charge is 2.47. The molecule has 4 nitrogen and oxygen atoms in total. The van der Waals surface area contributed by atoms with E-state index in [-0.39, 0.29) is 12.1 Å². The average molecular weight is 1040 g/mol. The van der Waals surface area contributed by atoms with Gasteiger partial charge >= 0.3 is 0 Å². The number of para-hydroxylation sites is 5. The fraction of sp³-hybridized carbons (Fsp3) is 0.0526. The average Bonchev–Trinajstić information content (AvgIpc) is 3.95. The van der Waals surface area contributed by atoms with Crippen molar-refractivity contribution in [1.82, 2.24) is 4.57 Å². The molecular formula is C76H54BN3O. The van der Waals surface area contributed by atoms with Gasteiger partial charge in [0.2, 0.25) is 0 Å². The Hall–Kier alpha value is -10.1. The zero-order chi connectivity index (χ0) is 53.9. The second kappa shape index (κ2) is 18.2. The van der Waals surface area contributed by atoms with Crippen molar-refractivity contribution in [2.75, 3.05) is 9.80 Å². The van der Waals surface area contributed by atoms with Gasteiger partial charge in [0.05, 0.1) is 16.7 Å². The minimum Gasteiger partial charge on any atom is -0.456 e. The Labute approximate surface area is 473 Å². The van der Waals surface area contributed by atoms with Gasteiger partial charge in [-0.25, -0.2) is 0 Å². The number of benzene rings is 12. The molecule has 0 amide bonds. The molecule has 3 aliphatic heterocycles. The molecule has 3 aliphatic rings. The molecule has 0 fully saturated rings. The maximum Gasteiger partial charge on any atom is 0.252 e. The minimum atomic E-state index is -0.249. The summed E-state index contributed by atoms with van der Waals surface area (Å²) in [4.78, 5) is 5.26. The molecule has 0 N–H and O–H groups in total. The van der Waals surface area contributed by atoms with Crippen LogP contribution >= 0.6 is 0 Å². The Morgan fingerprint density at radius 2 is 0.840 bits per heavy atom. The second-order valence-electron chi connectivity index (χ2n) is 22.8. The number of rotatable bonds is 5. The van der Waals surface area contributed by atoms with Crippen LogP contribution in [0.2, 0.25) is 0 Å². The van der Waals surface area contributed by atoms with Crippen LogP contribution < -0.4 is 30.9 Å². The summed E-state index contributed by atoms with van der Waals surface area (Å²) >= 11 is 0. The van der Waals surface area contributed by atoms with E-state index in [9.17, 15) is 0 Å². The predicted octanol–water partition coefficient (Wildman–Crippen LogP) is 18.6. The third-order valence-electron chi connectivity index (χ3n) is 17.1. The molecule has 13 aromatic rings. The van der Waals surface area contributed by atoms with E-state index in [0.29, 0.717) is 0 Å². The van der Waals surface area contributed by atoms with Crippen LogP contribution in [0.1, 0.15) is 26.3 Å². The van der Waals surface area contributed by atoms with E-state index in [1.807, 2.05) is 0 Å². The summed E-state index contributed by atoms with van der Waals surface area (Å²) in [6.07, 6.45) is 0. The van der Waals surface area contributed by atoms with Gasteiger partial charge in [-0.2, -0.15) is 0 Å². The Morgan fingerprint density at radius 3 is 1.48 bits per heavy atom. The third kappa shape index (κ3) is 7.39. The van der Waals surface area contributed by atoms with Crippen LogP contribution in [0, 0.1) is 0 Å². The summed E-state index contributed by atoms with van der Waals surface area (Å²) in [5, 5.41) is 2.47. The van der Waals surface area contributed by atoms with Gasteiger partial charge in [0.1, 0.15) is 11.5 Å². The molecule has 4 heterocycles. The first kappa shape index (κ1) is 47.0. The van der Waals surface area contributed by atoms with Gasteiger partial charge in [-0.1, -0.05) is 227 Å². The molecule has 0 bridgehead atoms. The highest BCUT2D eigenvalue weighted by Crippen LogP contribution is 2.56. The summed E-state index contributed by atoms with van der Waals surface area (Å²) in [5.74, 6) is 1.61. The molecule has 0 unspecified atom stereocenters. The Kier molecular flexibility index (Phi) is 10.6. The van der Waals surface area contributed by atoms with Crippen LogP contribution in [0.15, 0.2) is 273 Å². The molecule has 1 aromatic heterocycles. The van der Waals surface area contributed by atoms with Crippen molar-refractivity contribution in [2.45, 2.75) is 26.2 Å². The topological polar surface area (TPSA) is 20.6 Å². The van der Waals surface area contributed by atoms with Crippen molar-refractivity contribution in [3.63, 3.8) is 0 Å². The van der Waals surface area contributed by atoms with Gasteiger partial charge in [0, 0.05) is 72.7 Å². The highest BCUT2D eigenvalue weighted by molar-refractivity contribution is 7.00. The number of nitrogens with zero attached hydrogens (tertiary/aromatic N) is 3. The van der Waals surface area contributed by atoms with Gasteiger partial charge in [-0.15, -0.1) is 0 Å². The van der Waals surface area contributed by atoms with E-state index in [0.717, 1.165) is 90.1 Å². The molecule has 81 heavy (non-hydrogen) atoms. The van der Waals surface area contributed by atoms with Gasteiger partial charge in [-0.3, -0.25) is 0 Å². The van der Waals surface area contributed by atoms with E-state index in [1.54, 1.807) is 0 Å². The maximum atomic E-state index is 7.30. The Morgan fingerprint density at radius 1 is 0.333 bits per heavy atom. The smallest absolute Gasteiger partial charge is 0.252 e. The fourth-order valence-electron chi connectivity index (χ4n) is 13.4. The standard InChI is InChI=1S/C76H54BN3O/c1-76(2,3)54-46-69-73-70(47-54)80-74-57(52-26-11-6-12-27-52)32-21-33-62(74)60-30-15-19-36-71(60)81-72-37-20-16-31-61(72)63-44-53(50-24-9-5-10-25-50)45-65(75(63)80)77(73)64-43-42-56(79-66-34-17-13-28-58(66)59-29-14-18-35-67(59)79)48-68(64)78(69)55-40-38-51(39-41-55)49-22-7-4-8-23-49/h4-48H,1-3H3. The van der Waals surface area contributed by atoms with Crippen molar-refractivity contribution in [2.24, 2.45) is 0 Å². The van der Waals surface area contributed by atoms with E-state index in [4.69, 9.17) is 4.74 Å². The van der Waals surface area contributed by atoms with E-state index < -0.39 is 0 Å². The third-order valence-corrected chi connectivity index (χ3v) is 17.1. The Bertz CT molecular complexity index is 4600. The summed E-state index contributed by atoms with van der Waals surface area (Å²) in [7, 11) is 0. The van der Waals surface area contributed by atoms with Crippen LogP contribution in [-0.4, -0.2) is 11.3 Å². The molecule has 382 valence electrons. The summed E-state index contributed by atoms with van der Waals surface area (Å²) in [6, 6.07) is 101. The normalized spacial score (nSPS) is 12.9. The molecule has 0 spiro atoms. The zero-order valence-corrected chi connectivity index (χ0v) is 45.3. The monoisotopic (exact) mass is 1040 g/mol. The van der Waals surface area contributed by atoms with Crippen molar-refractivity contribution in [1.29, 1.82) is 0 Å². The first-order valence-corrected chi connectivity index (χ1v) is 28.2. The molecule has 0 saturated heterocycles. The first-order valence-electron chi connectivity index (χ1n) is 28.2. The quantitative estimate of drug-likeness (QED) is 0.160. The van der Waals surface area contributed by atoms with Crippen molar-refractivity contribution in [3.05, 3.63) is 279 Å². The summed E-state index contributed by atoms with van der Waals surface area (Å²) in [5.41, 5.74) is 26.2. The van der Waals surface area contributed by atoms with Crippen LogP contribution in [-0.2, 0) is 5.41 Å². The lowest BCUT2D eigenvalue weighted by Gasteiger charge is -2.47. The largest absolute Gasteiger partial charge is 0.456 e. The summed E-state index contributed by atoms with van der Waals surface area (Å²) in [6.45, 7) is 6.88. The zero-order valence-electron chi connectivity index (χ0n) is 45.3. The molecule has 12 aromatic carbocycles. The van der Waals surface area contributed by atoms with Crippen LogP contribution in [0.4, 0.5) is 34.1 Å². The predicted molar refractivity (Wildman–Crippen MR) is 341 cm³/mol. The van der Waals surface area contributed by atoms with Gasteiger partial charge < -0.3 is 19.1 Å². The molecule has 0 saturated carbocycles. The van der Waals surface area contributed by atoms with Gasteiger partial charge in [-0.05, 0) is 122 Å². The van der Waals surface area contributed by atoms with E-state index >= 15 is 0 Å². The maximum absolute atomic E-state index is 7.30. The molecule has 5 heteroatoms. The fourth-order valence-corrected chi connectivity index (χ4v) is 13.4. The molecule has 0 atom stereocenters. The molecular weight excluding hydrogens is 982 g/mol. The Balaban J connectivity index is 1.08. The summed E-state index contributed by atoms with van der Waals surface area (Å²) < 4.78 is 9.77. The second-order valence-corrected chi connectivity index (χ2v) is 22.8. The number of hydrogen-bond acceptors (Lipinski definition) is 3. The van der Waals surface area contributed by atoms with Crippen LogP contribution in [0.5, 0.6) is 11.5 Å². The lowest BCUT2D eigenvalue weighted by atomic mass is 9.33. The number of ether oxygens (including phenoxy) is 1.